The molecule has 5 N–H and O–H groups in total. The van der Waals surface area contributed by atoms with Gasteiger partial charge >= 0.3 is 26.7 Å². The number of halogens is 1. The third kappa shape index (κ3) is 14.3. The SMILES string of the molecule is CCCC1(OS(=O)(=O)NC(=O)[C@@]2(NC(=O)[C@@H]3C[C@@H](Oc4cc(OCC)nc5c(Cl)cccc45)CN3C(=O)[C@@H](NC(=O)OC(C)(C)C)C(C)(C)C)C[C@H]2CC)CC1.CCCC1(OS(N)(=O)=O)CC1. The van der Waals surface area contributed by atoms with Crippen molar-refractivity contribution in [1.82, 2.24) is 25.2 Å². The number of fused-ring (bicyclic) bond motifs is 1. The first-order valence-electron chi connectivity index (χ1n) is 23.0. The summed E-state index contributed by atoms with van der Waals surface area (Å²) in [6.07, 6.45) is 4.80. The van der Waals surface area contributed by atoms with E-state index in [0.29, 0.717) is 60.4 Å². The summed E-state index contributed by atoms with van der Waals surface area (Å²) >= 11 is 6.51. The van der Waals surface area contributed by atoms with Crippen molar-refractivity contribution in [2.24, 2.45) is 16.5 Å². The topological polar surface area (TPSA) is 261 Å². The Bertz CT molecular complexity index is 2380. The Morgan fingerprint density at radius 1 is 0.940 bits per heavy atom. The summed E-state index contributed by atoms with van der Waals surface area (Å²) in [5, 5.41) is 11.2. The Kier molecular flexibility index (Phi) is 16.5. The number of aromatic nitrogens is 1. The minimum atomic E-state index is -4.49. The van der Waals surface area contributed by atoms with Crippen molar-refractivity contribution in [3.63, 3.8) is 0 Å². The van der Waals surface area contributed by atoms with Crippen LogP contribution in [0.5, 0.6) is 11.6 Å². The second-order valence-corrected chi connectivity index (χ2v) is 23.0. The molecule has 0 unspecified atom stereocenters. The Labute approximate surface area is 400 Å². The maximum absolute atomic E-state index is 14.6. The van der Waals surface area contributed by atoms with Gasteiger partial charge in [-0.05, 0) is 96.1 Å². The molecule has 0 bridgehead atoms. The van der Waals surface area contributed by atoms with Crippen molar-refractivity contribution in [3.05, 3.63) is 29.3 Å². The highest BCUT2D eigenvalue weighted by Gasteiger charge is 2.62. The third-order valence-electron chi connectivity index (χ3n) is 12.1. The van der Waals surface area contributed by atoms with Crippen LogP contribution in [0.2, 0.25) is 5.02 Å². The monoisotopic (exact) mass is 1000 g/mol. The van der Waals surface area contributed by atoms with E-state index in [-0.39, 0.29) is 31.2 Å². The predicted octanol–water partition coefficient (Wildman–Crippen LogP) is 6.11. The van der Waals surface area contributed by atoms with Gasteiger partial charge in [0.15, 0.2) is 0 Å². The van der Waals surface area contributed by atoms with Crippen LogP contribution in [0.3, 0.4) is 0 Å². The van der Waals surface area contributed by atoms with Gasteiger partial charge < -0.3 is 29.7 Å². The van der Waals surface area contributed by atoms with Gasteiger partial charge in [-0.15, -0.1) is 0 Å². The molecule has 2 heterocycles. The van der Waals surface area contributed by atoms with Gasteiger partial charge in [-0.3, -0.25) is 18.6 Å². The average Bonchev–Trinajstić information content (AvgIpc) is 4.16. The molecule has 22 heteroatoms. The van der Waals surface area contributed by atoms with Gasteiger partial charge in [-0.1, -0.05) is 78.5 Å². The van der Waals surface area contributed by atoms with Crippen LogP contribution in [0.1, 0.15) is 140 Å². The van der Waals surface area contributed by atoms with Crippen LogP contribution in [0.15, 0.2) is 24.3 Å². The van der Waals surface area contributed by atoms with Crippen molar-refractivity contribution in [2.75, 3.05) is 13.2 Å². The zero-order valence-corrected chi connectivity index (χ0v) is 42.7. The number of rotatable bonds is 19. The molecule has 6 rings (SSSR count). The number of nitrogens with two attached hydrogens (primary N) is 1. The van der Waals surface area contributed by atoms with E-state index in [1.807, 2.05) is 27.7 Å². The molecule has 3 aliphatic carbocycles. The minimum absolute atomic E-state index is 0.00926. The van der Waals surface area contributed by atoms with Gasteiger partial charge in [0.25, 0.3) is 5.91 Å². The molecule has 1 aliphatic heterocycles. The fourth-order valence-electron chi connectivity index (χ4n) is 8.53. The molecule has 19 nitrogen and oxygen atoms in total. The number of hydrogen-bond acceptors (Lipinski definition) is 14. The predicted molar refractivity (Wildman–Crippen MR) is 250 cm³/mol. The number of amides is 4. The number of benzene rings is 1. The number of ether oxygens (including phenoxy) is 3. The molecule has 0 spiro atoms. The quantitative estimate of drug-likeness (QED) is 0.124. The first kappa shape index (κ1) is 53.9. The summed E-state index contributed by atoms with van der Waals surface area (Å²) in [5.41, 5.74) is -4.05. The molecule has 1 saturated heterocycles. The molecular formula is C45H69ClN6O13S2. The lowest BCUT2D eigenvalue weighted by Gasteiger charge is -2.36. The number of pyridine rings is 1. The van der Waals surface area contributed by atoms with Crippen LogP contribution in [0.4, 0.5) is 4.79 Å². The van der Waals surface area contributed by atoms with Crippen LogP contribution >= 0.6 is 11.6 Å². The second-order valence-electron chi connectivity index (χ2n) is 20.1. The number of likely N-dealkylation sites (tertiary alicyclic amines) is 1. The Balaban J connectivity index is 0.000000669. The van der Waals surface area contributed by atoms with Crippen molar-refractivity contribution in [3.8, 4) is 11.6 Å². The largest absolute Gasteiger partial charge is 0.488 e. The molecule has 376 valence electrons. The first-order valence-corrected chi connectivity index (χ1v) is 26.3. The summed E-state index contributed by atoms with van der Waals surface area (Å²) in [6.45, 7) is 18.3. The number of para-hydroxylation sites is 1. The van der Waals surface area contributed by atoms with Crippen molar-refractivity contribution in [1.29, 1.82) is 0 Å². The molecule has 4 aliphatic rings. The van der Waals surface area contributed by atoms with E-state index in [0.717, 1.165) is 25.7 Å². The summed E-state index contributed by atoms with van der Waals surface area (Å²) < 4.78 is 77.1. The van der Waals surface area contributed by atoms with Crippen molar-refractivity contribution >= 4 is 66.9 Å². The maximum atomic E-state index is 14.6. The lowest BCUT2D eigenvalue weighted by Crippen LogP contribution is -2.60. The Morgan fingerprint density at radius 3 is 2.06 bits per heavy atom. The van der Waals surface area contributed by atoms with Gasteiger partial charge in [-0.2, -0.15) is 16.8 Å². The van der Waals surface area contributed by atoms with Gasteiger partial charge in [-0.25, -0.2) is 23.8 Å². The lowest BCUT2D eigenvalue weighted by molar-refractivity contribution is -0.143. The second kappa shape index (κ2) is 20.5. The maximum Gasteiger partial charge on any atom is 0.408 e. The highest BCUT2D eigenvalue weighted by Crippen LogP contribution is 2.48. The zero-order chi connectivity index (χ0) is 50.0. The molecule has 67 heavy (non-hydrogen) atoms. The van der Waals surface area contributed by atoms with E-state index in [9.17, 15) is 36.0 Å². The number of nitrogens with zero attached hydrogens (tertiary/aromatic N) is 2. The molecule has 2 aromatic rings. The summed E-state index contributed by atoms with van der Waals surface area (Å²) in [7, 11) is -8.23. The van der Waals surface area contributed by atoms with Crippen molar-refractivity contribution < 1.29 is 58.6 Å². The van der Waals surface area contributed by atoms with E-state index in [2.05, 4.69) is 20.3 Å². The van der Waals surface area contributed by atoms with E-state index >= 15 is 0 Å². The number of carbonyl (C=O) groups is 4. The number of hydrogen-bond donors (Lipinski definition) is 4. The smallest absolute Gasteiger partial charge is 0.408 e. The number of carbonyl (C=O) groups excluding carboxylic acids is 4. The number of alkyl carbamates (subject to hydrolysis) is 1. The summed E-state index contributed by atoms with van der Waals surface area (Å²) in [6, 6.07) is 4.52. The number of nitrogens with one attached hydrogen (secondary N) is 3. The van der Waals surface area contributed by atoms with Gasteiger partial charge in [0.05, 0.1) is 34.9 Å². The first-order chi connectivity index (χ1) is 31.0. The van der Waals surface area contributed by atoms with Crippen LogP contribution in [0.25, 0.3) is 10.9 Å². The molecular weight excluding hydrogens is 932 g/mol. The Morgan fingerprint density at radius 2 is 1.55 bits per heavy atom. The van der Waals surface area contributed by atoms with Gasteiger partial charge in [0.2, 0.25) is 17.7 Å². The third-order valence-corrected chi connectivity index (χ3v) is 14.0. The van der Waals surface area contributed by atoms with E-state index < -0.39 is 90.4 Å². The fourth-order valence-corrected chi connectivity index (χ4v) is 10.7. The fraction of sp³-hybridized carbons (Fsp3) is 0.711. The summed E-state index contributed by atoms with van der Waals surface area (Å²) in [5.74, 6) is -1.89. The standard InChI is InChI=1S/C39H56ClN5O10S.C6H13NO3S/c1-10-16-38(17-18-38)55-56(50,51)44-34(48)39(21-23(39)11-2)43-32(46)27-19-24(53-28-20-29(52-12-3)41-30-25(28)14-13-15-26(30)40)22-45(27)33(47)31(36(4,5)6)42-35(49)54-37(7,8)9;1-2-3-6(4-5-6)10-11(7,8)9/h13-15,20,23-24,27,31H,10-12,16-19,21-22H2,1-9H3,(H,42,49)(H,43,46)(H,44,48);2-5H2,1H3,(H2,7,8,9)/t23-,24-,27+,31-,39-;/m1./s1. The zero-order valence-electron chi connectivity index (χ0n) is 40.3. The van der Waals surface area contributed by atoms with E-state index in [1.165, 1.54) is 4.90 Å². The molecule has 1 aromatic carbocycles. The highest BCUT2D eigenvalue weighted by atomic mass is 35.5. The highest BCUT2D eigenvalue weighted by molar-refractivity contribution is 7.85. The van der Waals surface area contributed by atoms with Crippen LogP contribution in [-0.2, 0) is 48.1 Å². The van der Waals surface area contributed by atoms with E-state index in [4.69, 9.17) is 39.3 Å². The lowest BCUT2D eigenvalue weighted by atomic mass is 9.85. The molecule has 4 amide bonds. The molecule has 0 radical (unpaired) electrons. The molecule has 5 atom stereocenters. The van der Waals surface area contributed by atoms with Crippen LogP contribution < -0.4 is 30.0 Å². The summed E-state index contributed by atoms with van der Waals surface area (Å²) in [4.78, 5) is 61.8. The minimum Gasteiger partial charge on any atom is -0.488 e. The normalized spacial score (nSPS) is 23.2. The molecule has 3 saturated carbocycles. The van der Waals surface area contributed by atoms with Gasteiger partial charge in [0, 0.05) is 17.9 Å². The molecule has 1 aromatic heterocycles. The Hall–Kier alpha value is -4.02. The van der Waals surface area contributed by atoms with Crippen LogP contribution in [0, 0.1) is 11.3 Å². The van der Waals surface area contributed by atoms with E-state index in [1.54, 1.807) is 65.8 Å². The average molecular weight is 1000 g/mol. The van der Waals surface area contributed by atoms with Gasteiger partial charge in [0.1, 0.15) is 35.1 Å². The molecule has 4 fully saturated rings. The van der Waals surface area contributed by atoms with Crippen molar-refractivity contribution in [2.45, 2.75) is 180 Å². The van der Waals surface area contributed by atoms with Crippen LogP contribution in [-0.4, -0.2) is 104 Å².